The first kappa shape index (κ1) is 9.00. The highest BCUT2D eigenvalue weighted by Crippen LogP contribution is 2.32. The van der Waals surface area contributed by atoms with Crippen LogP contribution >= 0.6 is 0 Å². The molecule has 1 aliphatic carbocycles. The van der Waals surface area contributed by atoms with E-state index in [2.05, 4.69) is 5.32 Å². The van der Waals surface area contributed by atoms with Gasteiger partial charge in [0, 0.05) is 12.6 Å². The predicted molar refractivity (Wildman–Crippen MR) is 49.5 cm³/mol. The standard InChI is InChI=1S/C10H17NO2/c12-10(13)8-5-9(11-6-8)4-7-2-1-3-7/h7-9,11H,1-6H2,(H,12,13). The van der Waals surface area contributed by atoms with Gasteiger partial charge in [0.15, 0.2) is 0 Å². The van der Waals surface area contributed by atoms with Crippen molar-refractivity contribution < 1.29 is 9.90 Å². The molecule has 2 rings (SSSR count). The number of carboxylic acid groups (broad SMARTS) is 1. The van der Waals surface area contributed by atoms with Gasteiger partial charge in [-0.3, -0.25) is 4.79 Å². The van der Waals surface area contributed by atoms with Crippen LogP contribution in [-0.2, 0) is 4.79 Å². The molecule has 74 valence electrons. The third-order valence-electron chi connectivity index (χ3n) is 3.41. The molecule has 1 heterocycles. The fourth-order valence-corrected chi connectivity index (χ4v) is 2.32. The largest absolute Gasteiger partial charge is 0.481 e. The molecule has 3 nitrogen and oxygen atoms in total. The summed E-state index contributed by atoms with van der Waals surface area (Å²) in [6.45, 7) is 0.673. The molecule has 1 aliphatic heterocycles. The first-order chi connectivity index (χ1) is 6.25. The first-order valence-corrected chi connectivity index (χ1v) is 5.22. The summed E-state index contributed by atoms with van der Waals surface area (Å²) in [6.07, 6.45) is 6.13. The van der Waals surface area contributed by atoms with Crippen LogP contribution < -0.4 is 5.32 Å². The van der Waals surface area contributed by atoms with Crippen LogP contribution in [-0.4, -0.2) is 23.7 Å². The fraction of sp³-hybridized carbons (Fsp3) is 0.900. The number of carbonyl (C=O) groups is 1. The Morgan fingerprint density at radius 1 is 1.46 bits per heavy atom. The van der Waals surface area contributed by atoms with E-state index < -0.39 is 5.97 Å². The zero-order valence-corrected chi connectivity index (χ0v) is 7.83. The maximum atomic E-state index is 10.7. The van der Waals surface area contributed by atoms with Crippen LogP contribution in [0.4, 0.5) is 0 Å². The molecule has 1 saturated heterocycles. The minimum Gasteiger partial charge on any atom is -0.481 e. The molecule has 0 aromatic rings. The van der Waals surface area contributed by atoms with Gasteiger partial charge in [0.25, 0.3) is 0 Å². The quantitative estimate of drug-likeness (QED) is 0.692. The summed E-state index contributed by atoms with van der Waals surface area (Å²) >= 11 is 0. The zero-order valence-electron chi connectivity index (χ0n) is 7.83. The molecular formula is C10H17NO2. The van der Waals surface area contributed by atoms with Crippen molar-refractivity contribution >= 4 is 5.97 Å². The van der Waals surface area contributed by atoms with Crippen molar-refractivity contribution in [3.63, 3.8) is 0 Å². The minimum atomic E-state index is -0.636. The van der Waals surface area contributed by atoms with E-state index in [1.54, 1.807) is 0 Å². The fourth-order valence-electron chi connectivity index (χ4n) is 2.32. The molecule has 0 spiro atoms. The number of aliphatic carboxylic acids is 1. The van der Waals surface area contributed by atoms with E-state index in [4.69, 9.17) is 5.11 Å². The van der Waals surface area contributed by atoms with E-state index in [0.717, 1.165) is 12.3 Å². The molecule has 2 unspecified atom stereocenters. The molecule has 2 N–H and O–H groups in total. The van der Waals surface area contributed by atoms with Crippen LogP contribution in [0.3, 0.4) is 0 Å². The molecule has 2 aliphatic rings. The lowest BCUT2D eigenvalue weighted by Crippen LogP contribution is -2.26. The van der Waals surface area contributed by atoms with Crippen molar-refractivity contribution in [3.8, 4) is 0 Å². The molecule has 0 radical (unpaired) electrons. The van der Waals surface area contributed by atoms with Crippen LogP contribution in [0.25, 0.3) is 0 Å². The van der Waals surface area contributed by atoms with Gasteiger partial charge in [0.05, 0.1) is 5.92 Å². The second kappa shape index (κ2) is 3.66. The van der Waals surface area contributed by atoms with E-state index in [-0.39, 0.29) is 5.92 Å². The third-order valence-corrected chi connectivity index (χ3v) is 3.41. The number of carboxylic acids is 1. The molecule has 2 atom stereocenters. The normalized spacial score (nSPS) is 34.5. The van der Waals surface area contributed by atoms with E-state index in [1.165, 1.54) is 25.7 Å². The second-order valence-corrected chi connectivity index (χ2v) is 4.41. The summed E-state index contributed by atoms with van der Waals surface area (Å²) in [7, 11) is 0. The van der Waals surface area contributed by atoms with Crippen LogP contribution in [0.5, 0.6) is 0 Å². The van der Waals surface area contributed by atoms with Gasteiger partial charge in [-0.15, -0.1) is 0 Å². The molecule has 2 fully saturated rings. The number of hydrogen-bond acceptors (Lipinski definition) is 2. The Morgan fingerprint density at radius 3 is 2.69 bits per heavy atom. The summed E-state index contributed by atoms with van der Waals surface area (Å²) < 4.78 is 0. The molecule has 0 bridgehead atoms. The highest BCUT2D eigenvalue weighted by atomic mass is 16.4. The van der Waals surface area contributed by atoms with Gasteiger partial charge in [-0.2, -0.15) is 0 Å². The minimum absolute atomic E-state index is 0.134. The van der Waals surface area contributed by atoms with Gasteiger partial charge in [-0.1, -0.05) is 19.3 Å². The Labute approximate surface area is 78.5 Å². The Kier molecular flexibility index (Phi) is 2.54. The van der Waals surface area contributed by atoms with Crippen molar-refractivity contribution in [3.05, 3.63) is 0 Å². The molecule has 13 heavy (non-hydrogen) atoms. The molecule has 0 aromatic heterocycles. The van der Waals surface area contributed by atoms with E-state index in [1.807, 2.05) is 0 Å². The van der Waals surface area contributed by atoms with Gasteiger partial charge in [-0.05, 0) is 18.8 Å². The number of nitrogens with one attached hydrogen (secondary N) is 1. The van der Waals surface area contributed by atoms with Crippen molar-refractivity contribution in [1.82, 2.24) is 5.32 Å². The van der Waals surface area contributed by atoms with Crippen LogP contribution in [0.2, 0.25) is 0 Å². The monoisotopic (exact) mass is 183 g/mol. The summed E-state index contributed by atoms with van der Waals surface area (Å²) in [4.78, 5) is 10.7. The van der Waals surface area contributed by atoms with Crippen LogP contribution in [0.15, 0.2) is 0 Å². The lowest BCUT2D eigenvalue weighted by molar-refractivity contribution is -0.141. The van der Waals surface area contributed by atoms with Crippen molar-refractivity contribution in [2.24, 2.45) is 11.8 Å². The molecule has 0 amide bonds. The zero-order chi connectivity index (χ0) is 9.26. The van der Waals surface area contributed by atoms with Gasteiger partial charge < -0.3 is 10.4 Å². The highest BCUT2D eigenvalue weighted by molar-refractivity contribution is 5.70. The molecule has 0 aromatic carbocycles. The van der Waals surface area contributed by atoms with Gasteiger partial charge >= 0.3 is 5.97 Å². The molecule has 1 saturated carbocycles. The van der Waals surface area contributed by atoms with E-state index in [9.17, 15) is 4.79 Å². The SMILES string of the molecule is O=C(O)C1CNC(CC2CCC2)C1. The lowest BCUT2D eigenvalue weighted by atomic mass is 9.80. The highest BCUT2D eigenvalue weighted by Gasteiger charge is 2.31. The van der Waals surface area contributed by atoms with E-state index in [0.29, 0.717) is 12.6 Å². The van der Waals surface area contributed by atoms with Crippen molar-refractivity contribution in [2.75, 3.05) is 6.54 Å². The predicted octanol–water partition coefficient (Wildman–Crippen LogP) is 1.24. The molecule has 3 heteroatoms. The van der Waals surface area contributed by atoms with Crippen molar-refractivity contribution in [2.45, 2.75) is 38.1 Å². The van der Waals surface area contributed by atoms with Gasteiger partial charge in [0.2, 0.25) is 0 Å². The second-order valence-electron chi connectivity index (χ2n) is 4.41. The van der Waals surface area contributed by atoms with E-state index >= 15 is 0 Å². The van der Waals surface area contributed by atoms with Crippen molar-refractivity contribution in [1.29, 1.82) is 0 Å². The first-order valence-electron chi connectivity index (χ1n) is 5.22. The topological polar surface area (TPSA) is 49.3 Å². The summed E-state index contributed by atoms with van der Waals surface area (Å²) in [5, 5.41) is 12.1. The summed E-state index contributed by atoms with van der Waals surface area (Å²) in [5.41, 5.74) is 0. The molecular weight excluding hydrogens is 166 g/mol. The average Bonchev–Trinajstić information content (AvgIpc) is 2.44. The van der Waals surface area contributed by atoms with Gasteiger partial charge in [0.1, 0.15) is 0 Å². The Morgan fingerprint density at radius 2 is 2.23 bits per heavy atom. The maximum absolute atomic E-state index is 10.7. The summed E-state index contributed by atoms with van der Waals surface area (Å²) in [5.74, 6) is 0.110. The Hall–Kier alpha value is -0.570. The van der Waals surface area contributed by atoms with Gasteiger partial charge in [-0.25, -0.2) is 0 Å². The van der Waals surface area contributed by atoms with Crippen LogP contribution in [0.1, 0.15) is 32.1 Å². The average molecular weight is 183 g/mol. The smallest absolute Gasteiger partial charge is 0.307 e. The number of rotatable bonds is 3. The maximum Gasteiger partial charge on any atom is 0.307 e. The number of hydrogen-bond donors (Lipinski definition) is 2. The lowest BCUT2D eigenvalue weighted by Gasteiger charge is -2.27. The Bertz CT molecular complexity index is 201. The Balaban J connectivity index is 1.74. The van der Waals surface area contributed by atoms with Crippen LogP contribution in [0, 0.1) is 11.8 Å². The third kappa shape index (κ3) is 2.02. The summed E-state index contributed by atoms with van der Waals surface area (Å²) in [6, 6.07) is 0.478.